The summed E-state index contributed by atoms with van der Waals surface area (Å²) in [5.74, 6) is 4.55. The molecule has 0 aliphatic heterocycles. The largest absolute Gasteiger partial charge is 1.00 e. The number of thioether (sulfide) groups is 3. The predicted octanol–water partition coefficient (Wildman–Crippen LogP) is -4.94. The van der Waals surface area contributed by atoms with Gasteiger partial charge in [0.25, 0.3) is 0 Å². The Morgan fingerprint density at radius 1 is 0.565 bits per heavy atom. The monoisotopic (exact) mass is 442 g/mol. The second-order valence-electron chi connectivity index (χ2n) is 4.07. The Kier molecular flexibility index (Phi) is 24.3. The maximum Gasteiger partial charge on any atom is 1.00 e. The maximum absolute atomic E-state index is 10.3. The van der Waals surface area contributed by atoms with Gasteiger partial charge < -0.3 is 9.11 Å². The van der Waals surface area contributed by atoms with Gasteiger partial charge in [0, 0.05) is 34.5 Å². The van der Waals surface area contributed by atoms with Crippen molar-refractivity contribution in [2.45, 2.75) is 12.8 Å². The minimum absolute atomic E-state index is 0. The molecule has 0 aliphatic carbocycles. The smallest absolute Gasteiger partial charge is 0.748 e. The van der Waals surface area contributed by atoms with Crippen molar-refractivity contribution in [1.82, 2.24) is 0 Å². The molecule has 0 aromatic rings. The van der Waals surface area contributed by atoms with Crippen LogP contribution in [0.4, 0.5) is 0 Å². The van der Waals surface area contributed by atoms with Crippen LogP contribution in [0.15, 0.2) is 0 Å². The second-order valence-corrected chi connectivity index (χ2v) is 10.8. The van der Waals surface area contributed by atoms with Crippen LogP contribution in [0.2, 0.25) is 0 Å². The van der Waals surface area contributed by atoms with E-state index >= 15 is 0 Å². The summed E-state index contributed by atoms with van der Waals surface area (Å²) in [7, 11) is -8.15. The second kappa shape index (κ2) is 18.2. The Morgan fingerprint density at radius 3 is 1.09 bits per heavy atom. The van der Waals surface area contributed by atoms with E-state index in [-0.39, 0.29) is 70.6 Å². The summed E-state index contributed by atoms with van der Waals surface area (Å²) in [6.45, 7) is 0. The van der Waals surface area contributed by atoms with Crippen molar-refractivity contribution < 1.29 is 85.1 Å². The van der Waals surface area contributed by atoms with E-state index in [1.54, 1.807) is 35.3 Å². The zero-order valence-electron chi connectivity index (χ0n) is 13.6. The van der Waals surface area contributed by atoms with Gasteiger partial charge in [-0.15, -0.1) is 0 Å². The molecule has 128 valence electrons. The molecule has 0 unspecified atom stereocenters. The molecular weight excluding hydrogens is 422 g/mol. The molecule has 0 saturated heterocycles. The van der Waals surface area contributed by atoms with Gasteiger partial charge in [-0.1, -0.05) is 0 Å². The van der Waals surface area contributed by atoms with E-state index in [1.807, 2.05) is 0 Å². The fourth-order valence-electron chi connectivity index (χ4n) is 1.22. The van der Waals surface area contributed by atoms with Crippen LogP contribution in [-0.2, 0) is 20.2 Å². The van der Waals surface area contributed by atoms with E-state index < -0.39 is 20.2 Å². The predicted molar refractivity (Wildman–Crippen MR) is 90.3 cm³/mol. The van der Waals surface area contributed by atoms with Crippen molar-refractivity contribution >= 4 is 55.5 Å². The van der Waals surface area contributed by atoms with Crippen LogP contribution in [0.5, 0.6) is 0 Å². The first-order valence-electron chi connectivity index (χ1n) is 6.31. The van der Waals surface area contributed by atoms with Gasteiger partial charge in [0.1, 0.15) is 0 Å². The molecule has 0 aliphatic rings. The number of hydrogen-bond acceptors (Lipinski definition) is 9. The number of hydrogen-bond donors (Lipinski definition) is 0. The molecule has 0 bridgehead atoms. The van der Waals surface area contributed by atoms with E-state index in [0.717, 1.165) is 23.0 Å². The van der Waals surface area contributed by atoms with Crippen LogP contribution in [0, 0.1) is 0 Å². The zero-order chi connectivity index (χ0) is 16.2. The molecule has 0 aromatic heterocycles. The summed E-state index contributed by atoms with van der Waals surface area (Å²) in [5, 5.41) is 0. The van der Waals surface area contributed by atoms with Gasteiger partial charge in [-0.3, -0.25) is 0 Å². The van der Waals surface area contributed by atoms with E-state index in [4.69, 9.17) is 0 Å². The third kappa shape index (κ3) is 29.9. The molecule has 6 nitrogen and oxygen atoms in total. The molecule has 0 heterocycles. The molecule has 0 fully saturated rings. The van der Waals surface area contributed by atoms with Gasteiger partial charge in [0.2, 0.25) is 0 Å². The summed E-state index contributed by atoms with van der Waals surface area (Å²) in [4.78, 5) is 0. The topological polar surface area (TPSA) is 114 Å². The van der Waals surface area contributed by atoms with Crippen molar-refractivity contribution in [3.8, 4) is 0 Å². The minimum atomic E-state index is -4.07. The van der Waals surface area contributed by atoms with E-state index in [0.29, 0.717) is 24.3 Å². The van der Waals surface area contributed by atoms with E-state index in [2.05, 4.69) is 0 Å². The fraction of sp³-hybridized carbons (Fsp3) is 1.00. The molecular formula is C10H20Na2O6S5. The fourth-order valence-corrected chi connectivity index (χ4v) is 5.77. The zero-order valence-corrected chi connectivity index (χ0v) is 21.6. The van der Waals surface area contributed by atoms with Crippen LogP contribution in [0.3, 0.4) is 0 Å². The van der Waals surface area contributed by atoms with Crippen molar-refractivity contribution in [3.63, 3.8) is 0 Å². The SMILES string of the molecule is O=S(=O)([O-])CCCSCCSCCSCCCS(=O)(=O)[O-].[Na+].[Na+]. The van der Waals surface area contributed by atoms with Crippen LogP contribution in [0.1, 0.15) is 12.8 Å². The van der Waals surface area contributed by atoms with Gasteiger partial charge in [0.15, 0.2) is 0 Å². The Morgan fingerprint density at radius 2 is 0.826 bits per heavy atom. The third-order valence-electron chi connectivity index (χ3n) is 2.11. The quantitative estimate of drug-likeness (QED) is 0.148. The van der Waals surface area contributed by atoms with Gasteiger partial charge >= 0.3 is 59.1 Å². The molecule has 0 rings (SSSR count). The van der Waals surface area contributed by atoms with Crippen molar-refractivity contribution in [1.29, 1.82) is 0 Å². The molecule has 0 atom stereocenters. The van der Waals surface area contributed by atoms with Gasteiger partial charge in [-0.2, -0.15) is 35.3 Å². The van der Waals surface area contributed by atoms with Crippen molar-refractivity contribution in [2.75, 3.05) is 46.0 Å². The number of rotatable bonds is 14. The molecule has 0 aromatic carbocycles. The van der Waals surface area contributed by atoms with Crippen LogP contribution in [0.25, 0.3) is 0 Å². The van der Waals surface area contributed by atoms with Crippen LogP contribution < -0.4 is 59.1 Å². The summed E-state index contributed by atoms with van der Waals surface area (Å²) >= 11 is 5.05. The first-order valence-corrected chi connectivity index (χ1v) is 12.9. The Balaban J connectivity index is -0.00000200. The molecule has 0 amide bonds. The molecule has 23 heavy (non-hydrogen) atoms. The van der Waals surface area contributed by atoms with Crippen molar-refractivity contribution in [3.05, 3.63) is 0 Å². The van der Waals surface area contributed by atoms with Crippen molar-refractivity contribution in [2.24, 2.45) is 0 Å². The molecule has 0 spiro atoms. The minimum Gasteiger partial charge on any atom is -0.748 e. The molecule has 0 saturated carbocycles. The average molecular weight is 443 g/mol. The van der Waals surface area contributed by atoms with Gasteiger partial charge in [-0.25, -0.2) is 16.8 Å². The van der Waals surface area contributed by atoms with E-state index in [9.17, 15) is 25.9 Å². The normalized spacial score (nSPS) is 11.6. The Hall–Kier alpha value is 2.87. The standard InChI is InChI=1S/C10H22O6S5.2Na/c11-20(12,13)9-1-3-17-5-7-19-8-6-18-4-2-10-21(14,15)16;;/h1-10H2,(H,11,12,13)(H,14,15,16);;/q;2*+1/p-2. The summed E-state index contributed by atoms with van der Waals surface area (Å²) in [6.07, 6.45) is 0.805. The first kappa shape index (κ1) is 30.6. The first-order chi connectivity index (χ1) is 9.71. The van der Waals surface area contributed by atoms with Crippen LogP contribution in [-0.4, -0.2) is 72.0 Å². The summed E-state index contributed by atoms with van der Waals surface area (Å²) in [5.41, 5.74) is 0. The summed E-state index contributed by atoms with van der Waals surface area (Å²) in [6, 6.07) is 0. The van der Waals surface area contributed by atoms with E-state index in [1.165, 1.54) is 0 Å². The third-order valence-corrected chi connectivity index (χ3v) is 7.33. The van der Waals surface area contributed by atoms with Gasteiger partial charge in [0.05, 0.1) is 20.2 Å². The average Bonchev–Trinajstić information content (AvgIpc) is 2.32. The summed E-state index contributed by atoms with van der Waals surface area (Å²) < 4.78 is 62.1. The molecule has 13 heteroatoms. The van der Waals surface area contributed by atoms with Crippen LogP contribution >= 0.6 is 35.3 Å². The molecule has 0 radical (unpaired) electrons. The Bertz CT molecular complexity index is 414. The maximum atomic E-state index is 10.3. The molecule has 0 N–H and O–H groups in total. The Labute approximate surface area is 196 Å². The van der Waals surface area contributed by atoms with Gasteiger partial charge in [-0.05, 0) is 24.3 Å².